The van der Waals surface area contributed by atoms with E-state index in [-0.39, 0.29) is 18.3 Å². The Morgan fingerprint density at radius 2 is 1.96 bits per heavy atom. The highest BCUT2D eigenvalue weighted by Crippen LogP contribution is 2.31. The summed E-state index contributed by atoms with van der Waals surface area (Å²) in [6.07, 6.45) is 0.433. The second-order valence-corrected chi connectivity index (χ2v) is 5.48. The fourth-order valence-corrected chi connectivity index (χ4v) is 2.66. The monoisotopic (exact) mass is 324 g/mol. The van der Waals surface area contributed by atoms with Crippen molar-refractivity contribution < 1.29 is 14.5 Å². The number of H-pyrrole nitrogens is 1. The lowest BCUT2D eigenvalue weighted by atomic mass is 10.1. The lowest BCUT2D eigenvalue weighted by Gasteiger charge is -2.03. The van der Waals surface area contributed by atoms with Gasteiger partial charge in [0.2, 0.25) is 0 Å². The van der Waals surface area contributed by atoms with Crippen molar-refractivity contribution in [1.82, 2.24) is 4.98 Å². The van der Waals surface area contributed by atoms with Gasteiger partial charge in [-0.1, -0.05) is 30.3 Å². The Bertz CT molecular complexity index is 900. The molecule has 0 atom stereocenters. The number of nitrogens with one attached hydrogen (secondary N) is 1. The van der Waals surface area contributed by atoms with Crippen molar-refractivity contribution in [3.63, 3.8) is 0 Å². The first-order valence-corrected chi connectivity index (χ1v) is 7.53. The molecular weight excluding hydrogens is 308 g/mol. The van der Waals surface area contributed by atoms with E-state index in [2.05, 4.69) is 4.98 Å². The number of aromatic nitrogens is 1. The first-order chi connectivity index (χ1) is 11.5. The van der Waals surface area contributed by atoms with Crippen molar-refractivity contribution in [2.45, 2.75) is 13.3 Å². The molecule has 3 rings (SSSR count). The van der Waals surface area contributed by atoms with Gasteiger partial charge in [0.05, 0.1) is 11.5 Å². The van der Waals surface area contributed by atoms with Crippen molar-refractivity contribution in [3.8, 4) is 11.3 Å². The number of nitro benzene ring substituents is 1. The molecule has 3 aromatic rings. The number of carbonyl (C=O) groups is 1. The van der Waals surface area contributed by atoms with Crippen LogP contribution in [0.4, 0.5) is 5.69 Å². The van der Waals surface area contributed by atoms with Gasteiger partial charge in [-0.05, 0) is 23.3 Å². The molecule has 0 saturated heterocycles. The number of nitro groups is 1. The smallest absolute Gasteiger partial charge is 0.302 e. The van der Waals surface area contributed by atoms with Crippen molar-refractivity contribution in [2.24, 2.45) is 0 Å². The van der Waals surface area contributed by atoms with Crippen LogP contribution in [0.1, 0.15) is 12.5 Å². The quantitative estimate of drug-likeness (QED) is 0.439. The van der Waals surface area contributed by atoms with Crippen LogP contribution in [0.2, 0.25) is 0 Å². The van der Waals surface area contributed by atoms with Gasteiger partial charge in [0.15, 0.2) is 0 Å². The summed E-state index contributed by atoms with van der Waals surface area (Å²) in [6, 6.07) is 14.9. The molecule has 1 N–H and O–H groups in total. The Morgan fingerprint density at radius 1 is 1.21 bits per heavy atom. The summed E-state index contributed by atoms with van der Waals surface area (Å²) in [6.45, 7) is 1.54. The predicted molar refractivity (Wildman–Crippen MR) is 90.7 cm³/mol. The van der Waals surface area contributed by atoms with Gasteiger partial charge in [-0.15, -0.1) is 0 Å². The van der Waals surface area contributed by atoms with E-state index < -0.39 is 4.92 Å². The highest BCUT2D eigenvalue weighted by atomic mass is 16.6. The number of carbonyl (C=O) groups excluding carboxylic acids is 1. The number of hydrogen-bond acceptors (Lipinski definition) is 4. The number of hydrogen-bond donors (Lipinski definition) is 1. The standard InChI is InChI=1S/C18H16N2O4/c1-12(21)24-8-7-13-9-15-11-16(14-5-3-2-4-6-14)19-18(15)17(10-13)20(22)23/h2-6,9-11,19H,7-8H2,1H3. The molecule has 2 aromatic carbocycles. The molecule has 0 spiro atoms. The van der Waals surface area contributed by atoms with Crippen LogP contribution in [0.15, 0.2) is 48.5 Å². The molecule has 1 aromatic heterocycles. The average molecular weight is 324 g/mol. The van der Waals surface area contributed by atoms with Crippen LogP contribution in [0, 0.1) is 10.1 Å². The molecule has 0 radical (unpaired) electrons. The van der Waals surface area contributed by atoms with Gasteiger partial charge in [-0.2, -0.15) is 0 Å². The minimum absolute atomic E-state index is 0.0208. The zero-order chi connectivity index (χ0) is 17.1. The number of fused-ring (bicyclic) bond motifs is 1. The molecular formula is C18H16N2O4. The number of esters is 1. The van der Waals surface area contributed by atoms with E-state index in [1.165, 1.54) is 13.0 Å². The van der Waals surface area contributed by atoms with Crippen LogP contribution < -0.4 is 0 Å². The molecule has 0 aliphatic heterocycles. The van der Waals surface area contributed by atoms with Crippen LogP contribution in [0.5, 0.6) is 0 Å². The van der Waals surface area contributed by atoms with Crippen molar-refractivity contribution in [3.05, 3.63) is 64.2 Å². The molecule has 122 valence electrons. The maximum atomic E-state index is 11.4. The molecule has 24 heavy (non-hydrogen) atoms. The topological polar surface area (TPSA) is 85.2 Å². The number of nitrogens with zero attached hydrogens (tertiary/aromatic N) is 1. The summed E-state index contributed by atoms with van der Waals surface area (Å²) in [5, 5.41) is 12.2. The zero-order valence-corrected chi connectivity index (χ0v) is 13.1. The van der Waals surface area contributed by atoms with Crippen LogP contribution in [-0.4, -0.2) is 22.5 Å². The fraction of sp³-hybridized carbons (Fsp3) is 0.167. The summed E-state index contributed by atoms with van der Waals surface area (Å²) in [7, 11) is 0. The number of non-ortho nitro benzene ring substituents is 1. The van der Waals surface area contributed by atoms with E-state index in [1.807, 2.05) is 42.5 Å². The summed E-state index contributed by atoms with van der Waals surface area (Å²) >= 11 is 0. The van der Waals surface area contributed by atoms with Gasteiger partial charge in [0.1, 0.15) is 5.52 Å². The van der Waals surface area contributed by atoms with E-state index in [0.29, 0.717) is 11.9 Å². The minimum atomic E-state index is -0.400. The van der Waals surface area contributed by atoms with E-state index in [1.54, 1.807) is 0 Å². The average Bonchev–Trinajstić information content (AvgIpc) is 2.98. The van der Waals surface area contributed by atoms with Gasteiger partial charge >= 0.3 is 5.97 Å². The SMILES string of the molecule is CC(=O)OCCc1cc([N+](=O)[O-])c2[nH]c(-c3ccccc3)cc2c1. The maximum Gasteiger partial charge on any atom is 0.302 e. The molecule has 0 unspecified atom stereocenters. The molecule has 0 aliphatic rings. The van der Waals surface area contributed by atoms with Crippen LogP contribution in [0.25, 0.3) is 22.2 Å². The number of ether oxygens (including phenoxy) is 1. The predicted octanol–water partition coefficient (Wildman–Crippen LogP) is 3.85. The molecule has 0 amide bonds. The minimum Gasteiger partial charge on any atom is -0.466 e. The van der Waals surface area contributed by atoms with Crippen LogP contribution >= 0.6 is 0 Å². The lowest BCUT2D eigenvalue weighted by Crippen LogP contribution is -2.03. The van der Waals surface area contributed by atoms with E-state index in [4.69, 9.17) is 4.74 Å². The van der Waals surface area contributed by atoms with Crippen LogP contribution in [0.3, 0.4) is 0 Å². The number of benzene rings is 2. The maximum absolute atomic E-state index is 11.4. The third kappa shape index (κ3) is 3.27. The van der Waals surface area contributed by atoms with Gasteiger partial charge in [0.25, 0.3) is 5.69 Å². The van der Waals surface area contributed by atoms with E-state index >= 15 is 0 Å². The molecule has 0 fully saturated rings. The Labute approximate surface area is 138 Å². The first kappa shape index (κ1) is 15.7. The van der Waals surface area contributed by atoms with Crippen LogP contribution in [-0.2, 0) is 16.0 Å². The summed E-state index contributed by atoms with van der Waals surface area (Å²) in [4.78, 5) is 25.0. The Balaban J connectivity index is 2.01. The van der Waals surface area contributed by atoms with Gasteiger partial charge in [0, 0.05) is 30.5 Å². The Kier molecular flexibility index (Phi) is 4.29. The van der Waals surface area contributed by atoms with Gasteiger partial charge in [-0.25, -0.2) is 0 Å². The number of rotatable bonds is 5. The molecule has 0 bridgehead atoms. The summed E-state index contributed by atoms with van der Waals surface area (Å²) in [5.74, 6) is -0.362. The number of aromatic amines is 1. The summed E-state index contributed by atoms with van der Waals surface area (Å²) in [5.41, 5.74) is 3.06. The first-order valence-electron chi connectivity index (χ1n) is 7.53. The largest absolute Gasteiger partial charge is 0.466 e. The Morgan fingerprint density at radius 3 is 2.62 bits per heavy atom. The fourth-order valence-electron chi connectivity index (χ4n) is 2.66. The highest BCUT2D eigenvalue weighted by molar-refractivity contribution is 5.93. The molecule has 6 nitrogen and oxygen atoms in total. The molecule has 0 saturated carbocycles. The molecule has 1 heterocycles. The van der Waals surface area contributed by atoms with Gasteiger partial charge in [-0.3, -0.25) is 14.9 Å². The van der Waals surface area contributed by atoms with Gasteiger partial charge < -0.3 is 9.72 Å². The third-order valence-corrected chi connectivity index (χ3v) is 3.74. The molecule has 6 heteroatoms. The molecule has 0 aliphatic carbocycles. The zero-order valence-electron chi connectivity index (χ0n) is 13.1. The van der Waals surface area contributed by atoms with Crippen molar-refractivity contribution in [1.29, 1.82) is 0 Å². The third-order valence-electron chi connectivity index (χ3n) is 3.74. The van der Waals surface area contributed by atoms with Crippen molar-refractivity contribution in [2.75, 3.05) is 6.61 Å². The van der Waals surface area contributed by atoms with E-state index in [9.17, 15) is 14.9 Å². The van der Waals surface area contributed by atoms with Crippen molar-refractivity contribution >= 4 is 22.6 Å². The Hall–Kier alpha value is -3.15. The lowest BCUT2D eigenvalue weighted by molar-refractivity contribution is -0.383. The highest BCUT2D eigenvalue weighted by Gasteiger charge is 2.17. The normalized spacial score (nSPS) is 10.7. The second kappa shape index (κ2) is 6.54. The van der Waals surface area contributed by atoms with E-state index in [0.717, 1.165) is 22.2 Å². The summed E-state index contributed by atoms with van der Waals surface area (Å²) < 4.78 is 4.92. The second-order valence-electron chi connectivity index (χ2n) is 5.48.